The molecule has 0 radical (unpaired) electrons. The molecule has 0 spiro atoms. The van der Waals surface area contributed by atoms with E-state index >= 15 is 0 Å². The molecule has 1 aliphatic rings. The molecule has 1 atom stereocenters. The van der Waals surface area contributed by atoms with Gasteiger partial charge in [-0.15, -0.1) is 0 Å². The van der Waals surface area contributed by atoms with E-state index in [4.69, 9.17) is 0 Å². The molecule has 1 aromatic heterocycles. The van der Waals surface area contributed by atoms with Gasteiger partial charge in [-0.05, 0) is 44.5 Å². The Morgan fingerprint density at radius 1 is 1.29 bits per heavy atom. The summed E-state index contributed by atoms with van der Waals surface area (Å²) in [6, 6.07) is 10.4. The predicted octanol–water partition coefficient (Wildman–Crippen LogP) is 1.72. The van der Waals surface area contributed by atoms with Crippen molar-refractivity contribution in [2.75, 3.05) is 26.7 Å². The quantitative estimate of drug-likeness (QED) is 0.813. The maximum Gasteiger partial charge on any atom is 0.123 e. The van der Waals surface area contributed by atoms with Gasteiger partial charge in [-0.1, -0.05) is 30.3 Å². The molecule has 5 heteroatoms. The molecule has 5 nitrogen and oxygen atoms in total. The number of likely N-dealkylation sites (N-methyl/N-ethyl adjacent to an activating group) is 1. The van der Waals surface area contributed by atoms with E-state index in [0.717, 1.165) is 44.8 Å². The van der Waals surface area contributed by atoms with Crippen molar-refractivity contribution >= 4 is 0 Å². The van der Waals surface area contributed by atoms with E-state index in [1.807, 2.05) is 18.5 Å². The van der Waals surface area contributed by atoms with Crippen LogP contribution in [-0.2, 0) is 13.1 Å². The van der Waals surface area contributed by atoms with Gasteiger partial charge in [-0.2, -0.15) is 0 Å². The zero-order valence-electron chi connectivity index (χ0n) is 14.4. The summed E-state index contributed by atoms with van der Waals surface area (Å²) in [6.45, 7) is 4.32. The van der Waals surface area contributed by atoms with Gasteiger partial charge < -0.3 is 15.0 Å². The van der Waals surface area contributed by atoms with Gasteiger partial charge in [0.15, 0.2) is 0 Å². The highest BCUT2D eigenvalue weighted by atomic mass is 16.3. The number of imidazole rings is 1. The molecule has 0 aliphatic carbocycles. The number of piperidine rings is 1. The molecule has 3 rings (SSSR count). The van der Waals surface area contributed by atoms with E-state index in [9.17, 15) is 5.11 Å². The van der Waals surface area contributed by atoms with Crippen LogP contribution in [0, 0.1) is 5.92 Å². The number of hydrogen-bond donors (Lipinski definition) is 2. The number of aliphatic hydroxyl groups is 1. The van der Waals surface area contributed by atoms with Crippen molar-refractivity contribution in [1.29, 1.82) is 0 Å². The van der Waals surface area contributed by atoms with Crippen molar-refractivity contribution in [3.63, 3.8) is 0 Å². The fourth-order valence-electron chi connectivity index (χ4n) is 3.42. The molecule has 0 amide bonds. The Hall–Kier alpha value is -1.69. The first-order chi connectivity index (χ1) is 11.7. The molecule has 1 aromatic carbocycles. The first-order valence-corrected chi connectivity index (χ1v) is 8.83. The summed E-state index contributed by atoms with van der Waals surface area (Å²) in [5.41, 5.74) is 1.27. The monoisotopic (exact) mass is 328 g/mol. The fraction of sp³-hybridized carbons (Fsp3) is 0.526. The number of aromatic nitrogens is 2. The SMILES string of the molecule is CN(Cc1nccn1Cc1ccccc1)CC(O)C1CCNCC1. The molecule has 2 heterocycles. The first-order valence-electron chi connectivity index (χ1n) is 8.83. The molecule has 2 aromatic rings. The Labute approximate surface area is 144 Å². The van der Waals surface area contributed by atoms with E-state index in [2.05, 4.69) is 51.1 Å². The molecule has 24 heavy (non-hydrogen) atoms. The Balaban J connectivity index is 1.54. The van der Waals surface area contributed by atoms with Crippen LogP contribution in [0.4, 0.5) is 0 Å². The second-order valence-electron chi connectivity index (χ2n) is 6.81. The Morgan fingerprint density at radius 2 is 2.04 bits per heavy atom. The summed E-state index contributed by atoms with van der Waals surface area (Å²) >= 11 is 0. The van der Waals surface area contributed by atoms with E-state index in [0.29, 0.717) is 12.5 Å². The topological polar surface area (TPSA) is 53.3 Å². The minimum Gasteiger partial charge on any atom is -0.392 e. The Bertz CT molecular complexity index is 607. The number of nitrogens with one attached hydrogen (secondary N) is 1. The lowest BCUT2D eigenvalue weighted by Crippen LogP contribution is -2.39. The number of aliphatic hydroxyl groups excluding tert-OH is 1. The number of benzene rings is 1. The normalized spacial score (nSPS) is 17.3. The van der Waals surface area contributed by atoms with Crippen LogP contribution in [0.1, 0.15) is 24.2 Å². The molecular weight excluding hydrogens is 300 g/mol. The molecule has 1 unspecified atom stereocenters. The van der Waals surface area contributed by atoms with Crippen LogP contribution >= 0.6 is 0 Å². The number of hydrogen-bond acceptors (Lipinski definition) is 4. The van der Waals surface area contributed by atoms with Gasteiger partial charge in [-0.3, -0.25) is 4.90 Å². The van der Waals surface area contributed by atoms with Gasteiger partial charge in [0.25, 0.3) is 0 Å². The van der Waals surface area contributed by atoms with Crippen LogP contribution < -0.4 is 5.32 Å². The number of rotatable bonds is 7. The van der Waals surface area contributed by atoms with Crippen molar-refractivity contribution in [1.82, 2.24) is 19.8 Å². The molecule has 130 valence electrons. The maximum absolute atomic E-state index is 10.5. The summed E-state index contributed by atoms with van der Waals surface area (Å²) in [6.07, 6.45) is 5.76. The lowest BCUT2D eigenvalue weighted by molar-refractivity contribution is 0.0553. The molecule has 1 fully saturated rings. The highest BCUT2D eigenvalue weighted by Gasteiger charge is 2.23. The molecule has 2 N–H and O–H groups in total. The molecule has 0 bridgehead atoms. The maximum atomic E-state index is 10.5. The predicted molar refractivity (Wildman–Crippen MR) is 95.7 cm³/mol. The summed E-state index contributed by atoms with van der Waals surface area (Å²) < 4.78 is 2.18. The van der Waals surface area contributed by atoms with E-state index < -0.39 is 0 Å². The van der Waals surface area contributed by atoms with Gasteiger partial charge in [0.05, 0.1) is 12.6 Å². The van der Waals surface area contributed by atoms with E-state index in [-0.39, 0.29) is 6.10 Å². The largest absolute Gasteiger partial charge is 0.392 e. The van der Waals surface area contributed by atoms with Crippen LogP contribution in [0.25, 0.3) is 0 Å². The average molecular weight is 328 g/mol. The van der Waals surface area contributed by atoms with Crippen molar-refractivity contribution in [2.24, 2.45) is 5.92 Å². The van der Waals surface area contributed by atoms with E-state index in [1.165, 1.54) is 5.56 Å². The minimum atomic E-state index is -0.255. The number of nitrogens with zero attached hydrogens (tertiary/aromatic N) is 3. The van der Waals surface area contributed by atoms with Gasteiger partial charge in [0, 0.05) is 25.5 Å². The Morgan fingerprint density at radius 3 is 2.79 bits per heavy atom. The standard InChI is InChI=1S/C19H28N4O/c1-22(14-18(24)17-7-9-20-10-8-17)15-19-21-11-12-23(19)13-16-5-3-2-4-6-16/h2-6,11-12,17-18,20,24H,7-10,13-15H2,1H3. The van der Waals surface area contributed by atoms with Crippen LogP contribution in [0.15, 0.2) is 42.7 Å². The smallest absolute Gasteiger partial charge is 0.123 e. The fourth-order valence-corrected chi connectivity index (χ4v) is 3.42. The summed E-state index contributed by atoms with van der Waals surface area (Å²) in [7, 11) is 2.06. The average Bonchev–Trinajstić information content (AvgIpc) is 3.03. The van der Waals surface area contributed by atoms with Gasteiger partial charge >= 0.3 is 0 Å². The van der Waals surface area contributed by atoms with Crippen molar-refractivity contribution in [3.05, 3.63) is 54.1 Å². The zero-order valence-corrected chi connectivity index (χ0v) is 14.4. The third kappa shape index (κ3) is 4.66. The van der Waals surface area contributed by atoms with Crippen molar-refractivity contribution in [2.45, 2.75) is 32.0 Å². The second-order valence-corrected chi connectivity index (χ2v) is 6.81. The van der Waals surface area contributed by atoms with Gasteiger partial charge in [0.2, 0.25) is 0 Å². The third-order valence-corrected chi connectivity index (χ3v) is 4.84. The summed E-state index contributed by atoms with van der Waals surface area (Å²) in [4.78, 5) is 6.68. The second kappa shape index (κ2) is 8.42. The molecule has 0 saturated carbocycles. The Kier molecular flexibility index (Phi) is 6.01. The highest BCUT2D eigenvalue weighted by Crippen LogP contribution is 2.17. The minimum absolute atomic E-state index is 0.255. The summed E-state index contributed by atoms with van der Waals surface area (Å²) in [5, 5.41) is 13.8. The van der Waals surface area contributed by atoms with Gasteiger partial charge in [0.1, 0.15) is 5.82 Å². The molecule has 1 aliphatic heterocycles. The van der Waals surface area contributed by atoms with Crippen LogP contribution in [0.3, 0.4) is 0 Å². The van der Waals surface area contributed by atoms with E-state index in [1.54, 1.807) is 0 Å². The van der Waals surface area contributed by atoms with Crippen LogP contribution in [-0.4, -0.2) is 52.3 Å². The van der Waals surface area contributed by atoms with Crippen molar-refractivity contribution < 1.29 is 5.11 Å². The van der Waals surface area contributed by atoms with Crippen molar-refractivity contribution in [3.8, 4) is 0 Å². The third-order valence-electron chi connectivity index (χ3n) is 4.84. The lowest BCUT2D eigenvalue weighted by atomic mass is 9.92. The molecular formula is C19H28N4O. The zero-order chi connectivity index (χ0) is 16.8. The first kappa shape index (κ1) is 17.1. The van der Waals surface area contributed by atoms with Crippen LogP contribution in [0.5, 0.6) is 0 Å². The molecule has 1 saturated heterocycles. The summed E-state index contributed by atoms with van der Waals surface area (Å²) in [5.74, 6) is 1.46. The van der Waals surface area contributed by atoms with Gasteiger partial charge in [-0.25, -0.2) is 4.98 Å². The lowest BCUT2D eigenvalue weighted by Gasteiger charge is -2.30. The highest BCUT2D eigenvalue weighted by molar-refractivity contribution is 5.15. The van der Waals surface area contributed by atoms with Crippen LogP contribution in [0.2, 0.25) is 0 Å².